The molecule has 0 aliphatic rings. The van der Waals surface area contributed by atoms with Crippen molar-refractivity contribution in [1.82, 2.24) is 15.5 Å². The lowest BCUT2D eigenvalue weighted by Crippen LogP contribution is -2.16. The summed E-state index contributed by atoms with van der Waals surface area (Å²) in [6.07, 6.45) is 2.87. The third kappa shape index (κ3) is 3.82. The van der Waals surface area contributed by atoms with Crippen LogP contribution in [0.5, 0.6) is 5.75 Å². The molecule has 0 aliphatic heterocycles. The standard InChI is InChI=1S/C15H21N3O2/c1-19-9-3-8-16-10-13-11-17-18-15(13)12-4-6-14(20-2)7-5-12/h4-7,11,16H,3,8-10H2,1-2H3,(H,17,18). The highest BCUT2D eigenvalue weighted by molar-refractivity contribution is 5.63. The number of nitrogens with one attached hydrogen (secondary N) is 2. The van der Waals surface area contributed by atoms with Crippen LogP contribution in [-0.2, 0) is 11.3 Å². The Balaban J connectivity index is 1.96. The van der Waals surface area contributed by atoms with Gasteiger partial charge in [-0.15, -0.1) is 0 Å². The number of hydrogen-bond donors (Lipinski definition) is 2. The monoisotopic (exact) mass is 275 g/mol. The summed E-state index contributed by atoms with van der Waals surface area (Å²) < 4.78 is 10.2. The van der Waals surface area contributed by atoms with E-state index in [1.165, 1.54) is 0 Å². The van der Waals surface area contributed by atoms with E-state index in [0.717, 1.165) is 48.7 Å². The zero-order valence-electron chi connectivity index (χ0n) is 12.0. The molecule has 2 N–H and O–H groups in total. The molecule has 0 radical (unpaired) electrons. The van der Waals surface area contributed by atoms with Gasteiger partial charge < -0.3 is 14.8 Å². The van der Waals surface area contributed by atoms with Crippen molar-refractivity contribution >= 4 is 0 Å². The van der Waals surface area contributed by atoms with Crippen LogP contribution in [0.4, 0.5) is 0 Å². The molecule has 0 aliphatic carbocycles. The van der Waals surface area contributed by atoms with Gasteiger partial charge in [-0.1, -0.05) is 0 Å². The van der Waals surface area contributed by atoms with E-state index < -0.39 is 0 Å². The Morgan fingerprint density at radius 2 is 2.00 bits per heavy atom. The molecule has 0 saturated carbocycles. The lowest BCUT2D eigenvalue weighted by atomic mass is 10.1. The average molecular weight is 275 g/mol. The molecule has 1 aromatic heterocycles. The summed E-state index contributed by atoms with van der Waals surface area (Å²) in [7, 11) is 3.39. The molecule has 0 saturated heterocycles. The van der Waals surface area contributed by atoms with Crippen LogP contribution < -0.4 is 10.1 Å². The molecule has 1 heterocycles. The lowest BCUT2D eigenvalue weighted by Gasteiger charge is -2.06. The molecule has 2 rings (SSSR count). The topological polar surface area (TPSA) is 59.2 Å². The van der Waals surface area contributed by atoms with Crippen LogP contribution in [0.15, 0.2) is 30.5 Å². The van der Waals surface area contributed by atoms with Gasteiger partial charge in [-0.05, 0) is 37.2 Å². The van der Waals surface area contributed by atoms with E-state index in [1.54, 1.807) is 14.2 Å². The maximum atomic E-state index is 5.17. The van der Waals surface area contributed by atoms with E-state index in [0.29, 0.717) is 0 Å². The Kier molecular flexibility index (Phi) is 5.58. The molecule has 5 heteroatoms. The van der Waals surface area contributed by atoms with Crippen LogP contribution in [-0.4, -0.2) is 37.6 Å². The Morgan fingerprint density at radius 1 is 1.20 bits per heavy atom. The van der Waals surface area contributed by atoms with Crippen molar-refractivity contribution in [1.29, 1.82) is 0 Å². The molecule has 20 heavy (non-hydrogen) atoms. The van der Waals surface area contributed by atoms with Gasteiger partial charge in [0, 0.05) is 31.4 Å². The molecular formula is C15H21N3O2. The van der Waals surface area contributed by atoms with Crippen LogP contribution in [0.1, 0.15) is 12.0 Å². The fourth-order valence-corrected chi connectivity index (χ4v) is 2.02. The third-order valence-electron chi connectivity index (χ3n) is 3.11. The number of aromatic amines is 1. The van der Waals surface area contributed by atoms with Gasteiger partial charge in [-0.3, -0.25) is 5.10 Å². The number of ether oxygens (including phenoxy) is 2. The van der Waals surface area contributed by atoms with E-state index in [-0.39, 0.29) is 0 Å². The zero-order chi connectivity index (χ0) is 14.2. The molecule has 1 aromatic carbocycles. The van der Waals surface area contributed by atoms with Gasteiger partial charge in [0.2, 0.25) is 0 Å². The van der Waals surface area contributed by atoms with Gasteiger partial charge >= 0.3 is 0 Å². The largest absolute Gasteiger partial charge is 0.497 e. The maximum absolute atomic E-state index is 5.17. The summed E-state index contributed by atoms with van der Waals surface area (Å²) in [6.45, 7) is 2.51. The highest BCUT2D eigenvalue weighted by Crippen LogP contribution is 2.23. The van der Waals surface area contributed by atoms with Gasteiger partial charge in [-0.25, -0.2) is 0 Å². The fourth-order valence-electron chi connectivity index (χ4n) is 2.02. The van der Waals surface area contributed by atoms with E-state index in [9.17, 15) is 0 Å². The number of aromatic nitrogens is 2. The summed E-state index contributed by atoms with van der Waals surface area (Å²) in [4.78, 5) is 0. The first-order chi connectivity index (χ1) is 9.85. The molecule has 0 amide bonds. The minimum atomic E-state index is 0.781. The SMILES string of the molecule is COCCCNCc1cn[nH]c1-c1ccc(OC)cc1. The van der Waals surface area contributed by atoms with Crippen molar-refractivity contribution < 1.29 is 9.47 Å². The number of benzene rings is 1. The molecule has 5 nitrogen and oxygen atoms in total. The van der Waals surface area contributed by atoms with Crippen molar-refractivity contribution in [2.45, 2.75) is 13.0 Å². The van der Waals surface area contributed by atoms with E-state index in [2.05, 4.69) is 15.5 Å². The van der Waals surface area contributed by atoms with Crippen LogP contribution in [0.25, 0.3) is 11.3 Å². The number of methoxy groups -OCH3 is 2. The minimum Gasteiger partial charge on any atom is -0.497 e. The van der Waals surface area contributed by atoms with E-state index in [1.807, 2.05) is 30.5 Å². The first-order valence-corrected chi connectivity index (χ1v) is 6.71. The van der Waals surface area contributed by atoms with Gasteiger partial charge in [0.25, 0.3) is 0 Å². The summed E-state index contributed by atoms with van der Waals surface area (Å²) >= 11 is 0. The predicted molar refractivity (Wildman–Crippen MR) is 78.8 cm³/mol. The minimum absolute atomic E-state index is 0.781. The molecule has 0 spiro atoms. The number of hydrogen-bond acceptors (Lipinski definition) is 4. The number of nitrogens with zero attached hydrogens (tertiary/aromatic N) is 1. The highest BCUT2D eigenvalue weighted by Gasteiger charge is 2.07. The van der Waals surface area contributed by atoms with Crippen LogP contribution in [0.3, 0.4) is 0 Å². The van der Waals surface area contributed by atoms with Crippen LogP contribution in [0.2, 0.25) is 0 Å². The Hall–Kier alpha value is -1.85. The van der Waals surface area contributed by atoms with Crippen molar-refractivity contribution in [2.75, 3.05) is 27.4 Å². The van der Waals surface area contributed by atoms with Crippen molar-refractivity contribution in [3.63, 3.8) is 0 Å². The molecule has 0 fully saturated rings. The Bertz CT molecular complexity index is 508. The predicted octanol–water partition coefficient (Wildman–Crippen LogP) is 2.21. The van der Waals surface area contributed by atoms with E-state index >= 15 is 0 Å². The summed E-state index contributed by atoms with van der Waals surface area (Å²) in [6, 6.07) is 7.96. The quantitative estimate of drug-likeness (QED) is 0.725. The highest BCUT2D eigenvalue weighted by atomic mass is 16.5. The van der Waals surface area contributed by atoms with Crippen LogP contribution in [0, 0.1) is 0 Å². The molecule has 0 atom stereocenters. The molecular weight excluding hydrogens is 254 g/mol. The van der Waals surface area contributed by atoms with Crippen molar-refractivity contribution in [3.8, 4) is 17.0 Å². The Morgan fingerprint density at radius 3 is 2.70 bits per heavy atom. The summed E-state index contributed by atoms with van der Waals surface area (Å²) in [5.74, 6) is 0.854. The van der Waals surface area contributed by atoms with E-state index in [4.69, 9.17) is 9.47 Å². The molecule has 0 bridgehead atoms. The summed E-state index contributed by atoms with van der Waals surface area (Å²) in [5.41, 5.74) is 3.32. The molecule has 2 aromatic rings. The second-order valence-corrected chi connectivity index (χ2v) is 4.52. The smallest absolute Gasteiger partial charge is 0.118 e. The number of H-pyrrole nitrogens is 1. The number of rotatable bonds is 8. The zero-order valence-corrected chi connectivity index (χ0v) is 12.0. The first kappa shape index (κ1) is 14.6. The molecule has 0 unspecified atom stereocenters. The lowest BCUT2D eigenvalue weighted by molar-refractivity contribution is 0.194. The average Bonchev–Trinajstić information content (AvgIpc) is 2.95. The maximum Gasteiger partial charge on any atom is 0.118 e. The second-order valence-electron chi connectivity index (χ2n) is 4.52. The molecule has 108 valence electrons. The van der Waals surface area contributed by atoms with Gasteiger partial charge in [0.05, 0.1) is 19.0 Å². The normalized spacial score (nSPS) is 10.7. The van der Waals surface area contributed by atoms with Crippen LogP contribution >= 0.6 is 0 Å². The van der Waals surface area contributed by atoms with Crippen molar-refractivity contribution in [3.05, 3.63) is 36.0 Å². The van der Waals surface area contributed by atoms with Gasteiger partial charge in [-0.2, -0.15) is 5.10 Å². The van der Waals surface area contributed by atoms with Crippen molar-refractivity contribution in [2.24, 2.45) is 0 Å². The van der Waals surface area contributed by atoms with Gasteiger partial charge in [0.1, 0.15) is 5.75 Å². The third-order valence-corrected chi connectivity index (χ3v) is 3.11. The fraction of sp³-hybridized carbons (Fsp3) is 0.400. The Labute approximate surface area is 119 Å². The second kappa shape index (κ2) is 7.67. The first-order valence-electron chi connectivity index (χ1n) is 6.71. The summed E-state index contributed by atoms with van der Waals surface area (Å²) in [5, 5.41) is 10.6. The van der Waals surface area contributed by atoms with Gasteiger partial charge in [0.15, 0.2) is 0 Å².